The predicted molar refractivity (Wildman–Crippen MR) is 65.8 cm³/mol. The van der Waals surface area contributed by atoms with Gasteiger partial charge in [-0.15, -0.1) is 0 Å². The van der Waals surface area contributed by atoms with Gasteiger partial charge in [-0.1, -0.05) is 29.8 Å². The maximum Gasteiger partial charge on any atom is 0.0897 e. The van der Waals surface area contributed by atoms with Gasteiger partial charge in [0.05, 0.1) is 12.7 Å². The standard InChI is InChI=1S/C12H18ClNO2/c1-9(14-7-10(15)8-16-2)11-5-3-4-6-12(11)13/h3-6,9-10,14-15H,7-8H2,1-2H3/t9-,10?/m1/s1. The highest BCUT2D eigenvalue weighted by atomic mass is 35.5. The zero-order valence-electron chi connectivity index (χ0n) is 9.61. The first-order chi connectivity index (χ1) is 7.65. The second-order valence-corrected chi connectivity index (χ2v) is 4.17. The smallest absolute Gasteiger partial charge is 0.0897 e. The van der Waals surface area contributed by atoms with Crippen molar-refractivity contribution in [1.82, 2.24) is 5.32 Å². The highest BCUT2D eigenvalue weighted by molar-refractivity contribution is 6.31. The Kier molecular flexibility index (Phi) is 5.77. The second kappa shape index (κ2) is 6.86. The molecule has 0 aliphatic carbocycles. The van der Waals surface area contributed by atoms with Gasteiger partial charge in [-0.3, -0.25) is 0 Å². The molecule has 0 radical (unpaired) electrons. The van der Waals surface area contributed by atoms with Gasteiger partial charge in [0, 0.05) is 24.7 Å². The minimum absolute atomic E-state index is 0.111. The summed E-state index contributed by atoms with van der Waals surface area (Å²) in [7, 11) is 1.57. The van der Waals surface area contributed by atoms with Gasteiger partial charge in [-0.2, -0.15) is 0 Å². The summed E-state index contributed by atoms with van der Waals surface area (Å²) >= 11 is 6.07. The number of nitrogens with one attached hydrogen (secondary N) is 1. The van der Waals surface area contributed by atoms with Gasteiger partial charge < -0.3 is 15.2 Å². The average molecular weight is 244 g/mol. The van der Waals surface area contributed by atoms with Crippen LogP contribution in [0.5, 0.6) is 0 Å². The molecule has 0 saturated heterocycles. The first-order valence-corrected chi connectivity index (χ1v) is 5.67. The van der Waals surface area contributed by atoms with E-state index in [4.69, 9.17) is 16.3 Å². The Morgan fingerprint density at radius 1 is 1.44 bits per heavy atom. The Hall–Kier alpha value is -0.610. The molecule has 0 fully saturated rings. The van der Waals surface area contributed by atoms with E-state index >= 15 is 0 Å². The fourth-order valence-electron chi connectivity index (χ4n) is 1.50. The number of halogens is 1. The molecule has 0 aliphatic heterocycles. The summed E-state index contributed by atoms with van der Waals surface area (Å²) in [4.78, 5) is 0. The molecule has 90 valence electrons. The van der Waals surface area contributed by atoms with Gasteiger partial charge in [0.15, 0.2) is 0 Å². The molecule has 1 rings (SSSR count). The van der Waals surface area contributed by atoms with Crippen LogP contribution in [-0.4, -0.2) is 31.5 Å². The summed E-state index contributed by atoms with van der Waals surface area (Å²) in [5.74, 6) is 0. The van der Waals surface area contributed by atoms with Gasteiger partial charge in [-0.25, -0.2) is 0 Å². The lowest BCUT2D eigenvalue weighted by atomic mass is 10.1. The quantitative estimate of drug-likeness (QED) is 0.803. The topological polar surface area (TPSA) is 41.5 Å². The van der Waals surface area contributed by atoms with Crippen LogP contribution >= 0.6 is 11.6 Å². The molecule has 2 atom stereocenters. The van der Waals surface area contributed by atoms with Crippen molar-refractivity contribution in [1.29, 1.82) is 0 Å². The molecule has 0 bridgehead atoms. The third kappa shape index (κ3) is 4.10. The minimum atomic E-state index is -0.491. The van der Waals surface area contributed by atoms with Crippen LogP contribution in [-0.2, 0) is 4.74 Å². The average Bonchev–Trinajstić information content (AvgIpc) is 2.27. The Balaban J connectivity index is 2.46. The van der Waals surface area contributed by atoms with Crippen molar-refractivity contribution in [2.45, 2.75) is 19.1 Å². The first kappa shape index (κ1) is 13.5. The van der Waals surface area contributed by atoms with Crippen molar-refractivity contribution in [3.8, 4) is 0 Å². The molecule has 0 saturated carbocycles. The van der Waals surface area contributed by atoms with E-state index in [2.05, 4.69) is 5.32 Å². The molecule has 0 aromatic heterocycles. The highest BCUT2D eigenvalue weighted by Crippen LogP contribution is 2.21. The summed E-state index contributed by atoms with van der Waals surface area (Å²) in [5.41, 5.74) is 1.04. The van der Waals surface area contributed by atoms with E-state index in [-0.39, 0.29) is 6.04 Å². The van der Waals surface area contributed by atoms with Crippen molar-refractivity contribution < 1.29 is 9.84 Å². The molecule has 1 aromatic carbocycles. The van der Waals surface area contributed by atoms with E-state index in [0.29, 0.717) is 13.2 Å². The monoisotopic (exact) mass is 243 g/mol. The maximum atomic E-state index is 9.49. The van der Waals surface area contributed by atoms with Crippen molar-refractivity contribution in [2.75, 3.05) is 20.3 Å². The molecule has 0 amide bonds. The summed E-state index contributed by atoms with van der Waals surface area (Å²) < 4.78 is 4.85. The number of hydrogen-bond donors (Lipinski definition) is 2. The zero-order chi connectivity index (χ0) is 12.0. The maximum absolute atomic E-state index is 9.49. The van der Waals surface area contributed by atoms with Crippen molar-refractivity contribution >= 4 is 11.6 Å². The molecular weight excluding hydrogens is 226 g/mol. The number of ether oxygens (including phenoxy) is 1. The summed E-state index contributed by atoms with van der Waals surface area (Å²) in [6.07, 6.45) is -0.491. The Morgan fingerprint density at radius 3 is 2.75 bits per heavy atom. The van der Waals surface area contributed by atoms with E-state index in [9.17, 15) is 5.11 Å². The van der Waals surface area contributed by atoms with Gasteiger partial charge in [-0.05, 0) is 18.6 Å². The van der Waals surface area contributed by atoms with Crippen LogP contribution in [0, 0.1) is 0 Å². The number of aliphatic hydroxyl groups excluding tert-OH is 1. The van der Waals surface area contributed by atoms with E-state index < -0.39 is 6.10 Å². The predicted octanol–water partition coefficient (Wildman–Crippen LogP) is 2.00. The largest absolute Gasteiger partial charge is 0.389 e. The van der Waals surface area contributed by atoms with Crippen molar-refractivity contribution in [3.63, 3.8) is 0 Å². The second-order valence-electron chi connectivity index (χ2n) is 3.76. The molecule has 3 nitrogen and oxygen atoms in total. The number of methoxy groups -OCH3 is 1. The molecule has 0 spiro atoms. The van der Waals surface area contributed by atoms with Crippen LogP contribution < -0.4 is 5.32 Å². The van der Waals surface area contributed by atoms with Gasteiger partial charge in [0.1, 0.15) is 0 Å². The normalized spacial score (nSPS) is 14.8. The van der Waals surface area contributed by atoms with Crippen molar-refractivity contribution in [3.05, 3.63) is 34.9 Å². The Bertz CT molecular complexity index is 320. The van der Waals surface area contributed by atoms with Crippen LogP contribution in [0.2, 0.25) is 5.02 Å². The van der Waals surface area contributed by atoms with Crippen LogP contribution in [0.1, 0.15) is 18.5 Å². The van der Waals surface area contributed by atoms with E-state index in [0.717, 1.165) is 10.6 Å². The molecule has 2 N–H and O–H groups in total. The number of rotatable bonds is 6. The van der Waals surface area contributed by atoms with E-state index in [1.807, 2.05) is 31.2 Å². The molecule has 0 aliphatic rings. The first-order valence-electron chi connectivity index (χ1n) is 5.30. The lowest BCUT2D eigenvalue weighted by molar-refractivity contribution is 0.0630. The molecule has 4 heteroatoms. The summed E-state index contributed by atoms with van der Waals surface area (Å²) in [6.45, 7) is 2.84. The van der Waals surface area contributed by atoms with Crippen molar-refractivity contribution in [2.24, 2.45) is 0 Å². The van der Waals surface area contributed by atoms with E-state index in [1.165, 1.54) is 0 Å². The lowest BCUT2D eigenvalue weighted by Gasteiger charge is -2.18. The third-order valence-electron chi connectivity index (χ3n) is 2.39. The van der Waals surface area contributed by atoms with Gasteiger partial charge in [0.2, 0.25) is 0 Å². The highest BCUT2D eigenvalue weighted by Gasteiger charge is 2.10. The fourth-order valence-corrected chi connectivity index (χ4v) is 1.80. The number of aliphatic hydroxyl groups is 1. The molecule has 16 heavy (non-hydrogen) atoms. The SMILES string of the molecule is COCC(O)CN[C@H](C)c1ccccc1Cl. The molecule has 1 unspecified atom stereocenters. The van der Waals surface area contributed by atoms with Crippen LogP contribution in [0.4, 0.5) is 0 Å². The van der Waals surface area contributed by atoms with Gasteiger partial charge >= 0.3 is 0 Å². The number of hydrogen-bond acceptors (Lipinski definition) is 3. The molecule has 0 heterocycles. The summed E-state index contributed by atoms with van der Waals surface area (Å²) in [5, 5.41) is 13.4. The van der Waals surface area contributed by atoms with E-state index in [1.54, 1.807) is 7.11 Å². The number of benzene rings is 1. The summed E-state index contributed by atoms with van der Waals surface area (Å²) in [6, 6.07) is 7.80. The third-order valence-corrected chi connectivity index (χ3v) is 2.73. The van der Waals surface area contributed by atoms with Crippen LogP contribution in [0.3, 0.4) is 0 Å². The zero-order valence-corrected chi connectivity index (χ0v) is 10.4. The Morgan fingerprint density at radius 2 is 2.12 bits per heavy atom. The lowest BCUT2D eigenvalue weighted by Crippen LogP contribution is -2.31. The fraction of sp³-hybridized carbons (Fsp3) is 0.500. The van der Waals surface area contributed by atoms with Crippen LogP contribution in [0.15, 0.2) is 24.3 Å². The van der Waals surface area contributed by atoms with Gasteiger partial charge in [0.25, 0.3) is 0 Å². The minimum Gasteiger partial charge on any atom is -0.389 e. The van der Waals surface area contributed by atoms with Crippen LogP contribution in [0.25, 0.3) is 0 Å². The molecular formula is C12H18ClNO2. The molecule has 1 aromatic rings. The Labute approximate surface area is 101 Å².